The molecule has 2 rings (SSSR count). The number of carboxylic acid groups (broad SMARTS) is 1. The normalized spacial score (nSPS) is 13.7. The van der Waals surface area contributed by atoms with E-state index in [0.717, 1.165) is 24.3 Å². The molecular formula is C19H12Cl3F5O2. The highest BCUT2D eigenvalue weighted by atomic mass is 35.5. The van der Waals surface area contributed by atoms with Gasteiger partial charge in [0.25, 0.3) is 5.92 Å². The van der Waals surface area contributed by atoms with Crippen molar-refractivity contribution in [3.8, 4) is 0 Å². The first-order valence-corrected chi connectivity index (χ1v) is 9.00. The van der Waals surface area contributed by atoms with Gasteiger partial charge in [-0.15, -0.1) is 0 Å². The van der Waals surface area contributed by atoms with Gasteiger partial charge >= 0.3 is 12.1 Å². The Kier molecular flexibility index (Phi) is 6.87. The van der Waals surface area contributed by atoms with Crippen LogP contribution in [0.2, 0.25) is 15.1 Å². The maximum Gasteiger partial charge on any atom is 0.417 e. The average molecular weight is 474 g/mol. The van der Waals surface area contributed by atoms with E-state index < -0.39 is 35.1 Å². The zero-order valence-electron chi connectivity index (χ0n) is 14.5. The zero-order chi connectivity index (χ0) is 22.1. The lowest BCUT2D eigenvalue weighted by molar-refractivity contribution is -0.138. The van der Waals surface area contributed by atoms with E-state index in [2.05, 4.69) is 0 Å². The summed E-state index contributed by atoms with van der Waals surface area (Å²) in [6.07, 6.45) is -2.89. The minimum Gasteiger partial charge on any atom is -0.478 e. The summed E-state index contributed by atoms with van der Waals surface area (Å²) in [4.78, 5) is 11.0. The Morgan fingerprint density at radius 1 is 1.03 bits per heavy atom. The topological polar surface area (TPSA) is 37.3 Å². The molecule has 0 saturated heterocycles. The number of hydrogen-bond acceptors (Lipinski definition) is 1. The van der Waals surface area contributed by atoms with Gasteiger partial charge in [0.1, 0.15) is 0 Å². The molecule has 1 unspecified atom stereocenters. The van der Waals surface area contributed by atoms with Crippen molar-refractivity contribution in [2.45, 2.75) is 24.9 Å². The van der Waals surface area contributed by atoms with E-state index in [4.69, 9.17) is 39.9 Å². The van der Waals surface area contributed by atoms with Crippen LogP contribution < -0.4 is 0 Å². The third-order valence-electron chi connectivity index (χ3n) is 3.97. The van der Waals surface area contributed by atoms with E-state index in [9.17, 15) is 26.7 Å². The van der Waals surface area contributed by atoms with Crippen LogP contribution >= 0.6 is 34.8 Å². The average Bonchev–Trinajstić information content (AvgIpc) is 2.57. The van der Waals surface area contributed by atoms with Crippen molar-refractivity contribution >= 4 is 46.8 Å². The summed E-state index contributed by atoms with van der Waals surface area (Å²) in [6, 6.07) is 4.81. The molecule has 0 amide bonds. The number of carboxylic acids is 1. The Balaban J connectivity index is 2.52. The third-order valence-corrected chi connectivity index (χ3v) is 5.17. The SMILES string of the molecule is CC(F)(F)C(/C=C/c1ccc(C(=O)O)c(C(F)(F)F)c1)c1cc(Cl)c(Cl)c(Cl)c1. The fraction of sp³-hybridized carbons (Fsp3) is 0.211. The van der Waals surface area contributed by atoms with Crippen LogP contribution in [0.3, 0.4) is 0 Å². The molecule has 156 valence electrons. The molecule has 0 spiro atoms. The highest BCUT2D eigenvalue weighted by Gasteiger charge is 2.36. The van der Waals surface area contributed by atoms with Crippen LogP contribution in [0.1, 0.15) is 39.9 Å². The van der Waals surface area contributed by atoms with E-state index in [0.29, 0.717) is 13.0 Å². The first-order chi connectivity index (χ1) is 13.2. The van der Waals surface area contributed by atoms with Gasteiger partial charge in [0.05, 0.1) is 32.1 Å². The molecule has 0 fully saturated rings. The number of allylic oxidation sites excluding steroid dienone is 1. The highest BCUT2D eigenvalue weighted by molar-refractivity contribution is 6.48. The van der Waals surface area contributed by atoms with E-state index in [1.54, 1.807) is 0 Å². The zero-order valence-corrected chi connectivity index (χ0v) is 16.8. The monoisotopic (exact) mass is 472 g/mol. The Hall–Kier alpha value is -1.83. The predicted molar refractivity (Wildman–Crippen MR) is 102 cm³/mol. The maximum absolute atomic E-state index is 14.1. The summed E-state index contributed by atoms with van der Waals surface area (Å²) >= 11 is 17.6. The van der Waals surface area contributed by atoms with Gasteiger partial charge in [-0.2, -0.15) is 13.2 Å². The summed E-state index contributed by atoms with van der Waals surface area (Å²) in [7, 11) is 0. The van der Waals surface area contributed by atoms with Crippen molar-refractivity contribution in [2.75, 3.05) is 0 Å². The summed E-state index contributed by atoms with van der Waals surface area (Å²) < 4.78 is 67.7. The fourth-order valence-electron chi connectivity index (χ4n) is 2.62. The second-order valence-corrected chi connectivity index (χ2v) is 7.39. The first-order valence-electron chi connectivity index (χ1n) is 7.87. The van der Waals surface area contributed by atoms with Crippen molar-refractivity contribution in [1.29, 1.82) is 0 Å². The number of rotatable bonds is 5. The molecule has 0 aliphatic carbocycles. The second kappa shape index (κ2) is 8.50. The number of benzene rings is 2. The first kappa shape index (κ1) is 23.4. The molecule has 0 saturated carbocycles. The smallest absolute Gasteiger partial charge is 0.417 e. The molecule has 1 N–H and O–H groups in total. The molecule has 0 aliphatic rings. The van der Waals surface area contributed by atoms with Gasteiger partial charge in [0.2, 0.25) is 0 Å². The Morgan fingerprint density at radius 3 is 2.03 bits per heavy atom. The van der Waals surface area contributed by atoms with Crippen LogP contribution in [0.5, 0.6) is 0 Å². The minimum atomic E-state index is -4.93. The van der Waals surface area contributed by atoms with E-state index >= 15 is 0 Å². The summed E-state index contributed by atoms with van der Waals surface area (Å²) in [5.41, 5.74) is -2.43. The molecule has 0 heterocycles. The van der Waals surface area contributed by atoms with Gasteiger partial charge in [-0.3, -0.25) is 0 Å². The van der Waals surface area contributed by atoms with Gasteiger partial charge in [0.15, 0.2) is 0 Å². The van der Waals surface area contributed by atoms with Gasteiger partial charge in [-0.1, -0.05) is 53.0 Å². The van der Waals surface area contributed by atoms with Crippen molar-refractivity contribution in [3.63, 3.8) is 0 Å². The van der Waals surface area contributed by atoms with Gasteiger partial charge < -0.3 is 5.11 Å². The van der Waals surface area contributed by atoms with Crippen LogP contribution in [-0.2, 0) is 6.18 Å². The predicted octanol–water partition coefficient (Wildman–Crippen LogP) is 7.82. The quantitative estimate of drug-likeness (QED) is 0.355. The molecule has 2 nitrogen and oxygen atoms in total. The molecule has 0 aromatic heterocycles. The summed E-state index contributed by atoms with van der Waals surface area (Å²) in [6.45, 7) is 0.632. The van der Waals surface area contributed by atoms with Gasteiger partial charge in [-0.05, 0) is 35.4 Å². The Labute approximate surface area is 177 Å². The van der Waals surface area contributed by atoms with E-state index in [1.165, 1.54) is 12.1 Å². The van der Waals surface area contributed by atoms with Crippen molar-refractivity contribution < 1.29 is 31.9 Å². The van der Waals surface area contributed by atoms with Gasteiger partial charge in [-0.25, -0.2) is 13.6 Å². The van der Waals surface area contributed by atoms with Crippen LogP contribution in [-0.4, -0.2) is 17.0 Å². The number of hydrogen-bond donors (Lipinski definition) is 1. The minimum absolute atomic E-state index is 0.00588. The Bertz CT molecular complexity index is 942. The highest BCUT2D eigenvalue weighted by Crippen LogP contribution is 2.40. The number of alkyl halides is 5. The standard InChI is InChI=1S/C19H12Cl3F5O2/c1-18(23,24)12(10-7-14(20)16(22)15(21)8-10)5-3-9-2-4-11(17(28)29)13(6-9)19(25,26)27/h2-8,12H,1H3,(H,28,29)/b5-3+. The van der Waals surface area contributed by atoms with Crippen LogP contribution in [0.4, 0.5) is 22.0 Å². The molecule has 0 aliphatic heterocycles. The lowest BCUT2D eigenvalue weighted by Crippen LogP contribution is -2.20. The maximum atomic E-state index is 14.1. The number of aromatic carboxylic acids is 1. The van der Waals surface area contributed by atoms with E-state index in [-0.39, 0.29) is 26.2 Å². The molecule has 29 heavy (non-hydrogen) atoms. The van der Waals surface area contributed by atoms with Gasteiger partial charge in [0, 0.05) is 6.92 Å². The van der Waals surface area contributed by atoms with Crippen molar-refractivity contribution in [2.24, 2.45) is 0 Å². The molecule has 2 aromatic rings. The van der Waals surface area contributed by atoms with Crippen LogP contribution in [0, 0.1) is 0 Å². The number of carbonyl (C=O) groups is 1. The summed E-state index contributed by atoms with van der Waals surface area (Å²) in [5, 5.41) is 8.79. The Morgan fingerprint density at radius 2 is 1.59 bits per heavy atom. The largest absolute Gasteiger partial charge is 0.478 e. The molecular weight excluding hydrogens is 462 g/mol. The lowest BCUT2D eigenvalue weighted by Gasteiger charge is -2.22. The number of halogens is 8. The van der Waals surface area contributed by atoms with Crippen LogP contribution in [0.25, 0.3) is 6.08 Å². The second-order valence-electron chi connectivity index (χ2n) is 6.20. The van der Waals surface area contributed by atoms with Crippen molar-refractivity contribution in [1.82, 2.24) is 0 Å². The molecule has 2 aromatic carbocycles. The molecule has 10 heteroatoms. The molecule has 0 radical (unpaired) electrons. The summed E-state index contributed by atoms with van der Waals surface area (Å²) in [5.74, 6) is -6.65. The fourth-order valence-corrected chi connectivity index (χ4v) is 3.23. The van der Waals surface area contributed by atoms with Crippen molar-refractivity contribution in [3.05, 3.63) is 73.7 Å². The molecule has 1 atom stereocenters. The van der Waals surface area contributed by atoms with E-state index in [1.807, 2.05) is 0 Å². The lowest BCUT2D eigenvalue weighted by atomic mass is 9.92. The molecule has 0 bridgehead atoms. The van der Waals surface area contributed by atoms with Crippen LogP contribution in [0.15, 0.2) is 36.4 Å². The third kappa shape index (κ3) is 5.62.